The Balaban J connectivity index is 2.13. The Morgan fingerprint density at radius 1 is 1.47 bits per heavy atom. The molecule has 0 aliphatic rings. The quantitative estimate of drug-likeness (QED) is 0.842. The summed E-state index contributed by atoms with van der Waals surface area (Å²) in [5, 5.41) is 11.9. The summed E-state index contributed by atoms with van der Waals surface area (Å²) in [6, 6.07) is 1.79. The van der Waals surface area contributed by atoms with E-state index in [0.717, 1.165) is 18.5 Å². The van der Waals surface area contributed by atoms with Crippen LogP contribution in [0, 0.1) is 0 Å². The average molecular weight is 233 g/mol. The van der Waals surface area contributed by atoms with Gasteiger partial charge in [0, 0.05) is 18.7 Å². The lowest BCUT2D eigenvalue weighted by Crippen LogP contribution is -2.01. The van der Waals surface area contributed by atoms with Gasteiger partial charge < -0.3 is 10.5 Å². The van der Waals surface area contributed by atoms with Crippen LogP contribution in [-0.2, 0) is 13.1 Å². The predicted octanol–water partition coefficient (Wildman–Crippen LogP) is 1.33. The first-order valence-corrected chi connectivity index (χ1v) is 5.54. The van der Waals surface area contributed by atoms with Crippen LogP contribution in [0.3, 0.4) is 0 Å². The topological polar surface area (TPSA) is 78.8 Å². The van der Waals surface area contributed by atoms with E-state index in [1.807, 2.05) is 10.9 Å². The van der Waals surface area contributed by atoms with Crippen molar-refractivity contribution in [2.45, 2.75) is 26.4 Å². The SMILES string of the molecule is CCCn1cc(Oc2nnccc2CN)cn1. The Labute approximate surface area is 99.4 Å². The van der Waals surface area contributed by atoms with Crippen LogP contribution in [0.5, 0.6) is 11.6 Å². The maximum Gasteiger partial charge on any atom is 0.243 e. The third-order valence-corrected chi connectivity index (χ3v) is 2.26. The third-order valence-electron chi connectivity index (χ3n) is 2.26. The predicted molar refractivity (Wildman–Crippen MR) is 62.5 cm³/mol. The van der Waals surface area contributed by atoms with E-state index in [2.05, 4.69) is 22.2 Å². The van der Waals surface area contributed by atoms with Gasteiger partial charge in [0.1, 0.15) is 0 Å². The molecule has 0 aliphatic carbocycles. The second kappa shape index (κ2) is 5.40. The van der Waals surface area contributed by atoms with Gasteiger partial charge in [-0.05, 0) is 12.5 Å². The van der Waals surface area contributed by atoms with Gasteiger partial charge >= 0.3 is 0 Å². The summed E-state index contributed by atoms with van der Waals surface area (Å²) in [4.78, 5) is 0. The lowest BCUT2D eigenvalue weighted by molar-refractivity contribution is 0.447. The monoisotopic (exact) mass is 233 g/mol. The lowest BCUT2D eigenvalue weighted by atomic mass is 10.3. The largest absolute Gasteiger partial charge is 0.434 e. The molecule has 90 valence electrons. The van der Waals surface area contributed by atoms with E-state index in [4.69, 9.17) is 10.5 Å². The molecule has 0 saturated heterocycles. The molecule has 0 atom stereocenters. The van der Waals surface area contributed by atoms with Crippen molar-refractivity contribution in [1.82, 2.24) is 20.0 Å². The molecule has 0 unspecified atom stereocenters. The number of nitrogens with zero attached hydrogens (tertiary/aromatic N) is 4. The minimum Gasteiger partial charge on any atom is -0.434 e. The van der Waals surface area contributed by atoms with Crippen molar-refractivity contribution in [1.29, 1.82) is 0 Å². The summed E-state index contributed by atoms with van der Waals surface area (Å²) in [6.45, 7) is 3.33. The Hall–Kier alpha value is -1.95. The number of aryl methyl sites for hydroxylation is 1. The zero-order valence-electron chi connectivity index (χ0n) is 9.71. The van der Waals surface area contributed by atoms with Gasteiger partial charge in [-0.1, -0.05) is 6.92 Å². The molecule has 6 heteroatoms. The summed E-state index contributed by atoms with van der Waals surface area (Å²) in [5.74, 6) is 1.08. The molecule has 2 aromatic heterocycles. The fourth-order valence-electron chi connectivity index (χ4n) is 1.45. The molecule has 0 spiro atoms. The molecule has 0 fully saturated rings. The molecule has 0 bridgehead atoms. The van der Waals surface area contributed by atoms with Gasteiger partial charge in [-0.2, -0.15) is 10.2 Å². The van der Waals surface area contributed by atoms with Crippen molar-refractivity contribution in [3.8, 4) is 11.6 Å². The van der Waals surface area contributed by atoms with Crippen LogP contribution in [0.15, 0.2) is 24.7 Å². The van der Waals surface area contributed by atoms with Crippen LogP contribution in [0.25, 0.3) is 0 Å². The van der Waals surface area contributed by atoms with E-state index >= 15 is 0 Å². The number of nitrogens with two attached hydrogens (primary N) is 1. The molecule has 0 amide bonds. The molecule has 6 nitrogen and oxygen atoms in total. The number of rotatable bonds is 5. The maximum atomic E-state index is 5.59. The van der Waals surface area contributed by atoms with Crippen LogP contribution < -0.4 is 10.5 Å². The van der Waals surface area contributed by atoms with E-state index in [1.54, 1.807) is 18.5 Å². The van der Waals surface area contributed by atoms with Crippen molar-refractivity contribution >= 4 is 0 Å². The van der Waals surface area contributed by atoms with Crippen molar-refractivity contribution in [2.24, 2.45) is 5.73 Å². The van der Waals surface area contributed by atoms with Gasteiger partial charge in [0.05, 0.1) is 18.6 Å². The van der Waals surface area contributed by atoms with Gasteiger partial charge in [-0.25, -0.2) is 0 Å². The molecule has 0 saturated carbocycles. The summed E-state index contributed by atoms with van der Waals surface area (Å²) in [6.07, 6.45) is 6.11. The van der Waals surface area contributed by atoms with Crippen molar-refractivity contribution in [3.63, 3.8) is 0 Å². The smallest absolute Gasteiger partial charge is 0.243 e. The fourth-order valence-corrected chi connectivity index (χ4v) is 1.45. The molecular formula is C11H15N5O. The van der Waals surface area contributed by atoms with Crippen LogP contribution in [-0.4, -0.2) is 20.0 Å². The van der Waals surface area contributed by atoms with E-state index in [-0.39, 0.29) is 0 Å². The van der Waals surface area contributed by atoms with Crippen LogP contribution in [0.1, 0.15) is 18.9 Å². The molecule has 17 heavy (non-hydrogen) atoms. The Morgan fingerprint density at radius 2 is 2.35 bits per heavy atom. The summed E-state index contributed by atoms with van der Waals surface area (Å²) < 4.78 is 7.42. The van der Waals surface area contributed by atoms with Crippen molar-refractivity contribution < 1.29 is 4.74 Å². The number of hydrogen-bond acceptors (Lipinski definition) is 5. The van der Waals surface area contributed by atoms with Crippen LogP contribution in [0.2, 0.25) is 0 Å². The Bertz CT molecular complexity index is 482. The second-order valence-electron chi connectivity index (χ2n) is 3.61. The molecule has 2 N–H and O–H groups in total. The van der Waals surface area contributed by atoms with E-state index in [9.17, 15) is 0 Å². The normalized spacial score (nSPS) is 10.5. The molecule has 2 rings (SSSR count). The standard InChI is InChI=1S/C11H15N5O/c1-2-5-16-8-10(7-14-16)17-11-9(6-12)3-4-13-15-11/h3-4,7-8H,2,5-6,12H2,1H3. The van der Waals surface area contributed by atoms with Gasteiger partial charge in [0.15, 0.2) is 5.75 Å². The van der Waals surface area contributed by atoms with Crippen molar-refractivity contribution in [2.75, 3.05) is 0 Å². The average Bonchev–Trinajstić information content (AvgIpc) is 2.78. The van der Waals surface area contributed by atoms with E-state index < -0.39 is 0 Å². The zero-order valence-corrected chi connectivity index (χ0v) is 9.71. The third kappa shape index (κ3) is 2.79. The molecule has 0 radical (unpaired) electrons. The van der Waals surface area contributed by atoms with Crippen LogP contribution >= 0.6 is 0 Å². The highest BCUT2D eigenvalue weighted by atomic mass is 16.5. The molecule has 2 heterocycles. The summed E-state index contributed by atoms with van der Waals surface area (Å²) in [7, 11) is 0. The fraction of sp³-hybridized carbons (Fsp3) is 0.364. The highest BCUT2D eigenvalue weighted by molar-refractivity contribution is 5.28. The zero-order chi connectivity index (χ0) is 12.1. The molecule has 0 aromatic carbocycles. The first kappa shape index (κ1) is 11.5. The molecular weight excluding hydrogens is 218 g/mol. The second-order valence-corrected chi connectivity index (χ2v) is 3.61. The van der Waals surface area contributed by atoms with E-state index in [0.29, 0.717) is 18.2 Å². The van der Waals surface area contributed by atoms with Crippen LogP contribution in [0.4, 0.5) is 0 Å². The van der Waals surface area contributed by atoms with Gasteiger partial charge in [-0.15, -0.1) is 5.10 Å². The lowest BCUT2D eigenvalue weighted by Gasteiger charge is -2.04. The van der Waals surface area contributed by atoms with Crippen molar-refractivity contribution in [3.05, 3.63) is 30.2 Å². The first-order valence-electron chi connectivity index (χ1n) is 5.54. The molecule has 0 aliphatic heterocycles. The van der Waals surface area contributed by atoms with Gasteiger partial charge in [-0.3, -0.25) is 4.68 Å². The molecule has 2 aromatic rings. The number of hydrogen-bond donors (Lipinski definition) is 1. The maximum absolute atomic E-state index is 5.59. The van der Waals surface area contributed by atoms with Gasteiger partial charge in [0.25, 0.3) is 0 Å². The Kier molecular flexibility index (Phi) is 3.66. The minimum atomic E-state index is 0.369. The summed E-state index contributed by atoms with van der Waals surface area (Å²) >= 11 is 0. The Morgan fingerprint density at radius 3 is 3.12 bits per heavy atom. The number of aromatic nitrogens is 4. The van der Waals surface area contributed by atoms with E-state index in [1.165, 1.54) is 0 Å². The number of ether oxygens (including phenoxy) is 1. The highest BCUT2D eigenvalue weighted by Crippen LogP contribution is 2.21. The highest BCUT2D eigenvalue weighted by Gasteiger charge is 2.06. The minimum absolute atomic E-state index is 0.369. The van der Waals surface area contributed by atoms with Gasteiger partial charge in [0.2, 0.25) is 5.88 Å². The summed E-state index contributed by atoms with van der Waals surface area (Å²) in [5.41, 5.74) is 6.41. The first-order chi connectivity index (χ1) is 8.33.